The van der Waals surface area contributed by atoms with Crippen LogP contribution in [0.5, 0.6) is 0 Å². The summed E-state index contributed by atoms with van der Waals surface area (Å²) in [5, 5.41) is 0.630. The number of carbonyl (C=O) groups is 1. The van der Waals surface area contributed by atoms with Crippen molar-refractivity contribution in [3.8, 4) is 0 Å². The zero-order chi connectivity index (χ0) is 8.27. The topological polar surface area (TPSA) is 17.1 Å². The third-order valence-corrected chi connectivity index (χ3v) is 3.11. The van der Waals surface area contributed by atoms with Gasteiger partial charge in [-0.15, -0.1) is 11.8 Å². The van der Waals surface area contributed by atoms with Gasteiger partial charge in [0.2, 0.25) is 0 Å². The van der Waals surface area contributed by atoms with Gasteiger partial charge in [-0.1, -0.05) is 19.9 Å². The molecule has 0 radical (unpaired) electrons. The molecule has 1 aliphatic rings. The zero-order valence-electron chi connectivity index (χ0n) is 7.09. The van der Waals surface area contributed by atoms with Gasteiger partial charge in [-0.3, -0.25) is 4.79 Å². The van der Waals surface area contributed by atoms with Gasteiger partial charge in [-0.25, -0.2) is 0 Å². The van der Waals surface area contributed by atoms with Crippen LogP contribution in [-0.4, -0.2) is 11.0 Å². The first-order chi connectivity index (χ1) is 5.24. The SMILES string of the molecule is CCC(=O)C1=CCCC(C)S1. The van der Waals surface area contributed by atoms with E-state index in [1.807, 2.05) is 6.92 Å². The average molecular weight is 170 g/mol. The minimum atomic E-state index is 0.307. The molecule has 1 rings (SSSR count). The van der Waals surface area contributed by atoms with Gasteiger partial charge in [-0.05, 0) is 12.8 Å². The Morgan fingerprint density at radius 2 is 2.55 bits per heavy atom. The Bertz CT molecular complexity index is 184. The van der Waals surface area contributed by atoms with Crippen molar-refractivity contribution in [3.63, 3.8) is 0 Å². The normalized spacial score (nSPS) is 24.5. The van der Waals surface area contributed by atoms with Crippen LogP contribution in [0.15, 0.2) is 11.0 Å². The molecule has 1 nitrogen and oxygen atoms in total. The lowest BCUT2D eigenvalue weighted by Crippen LogP contribution is -2.07. The molecule has 0 N–H and O–H groups in total. The van der Waals surface area contributed by atoms with E-state index in [4.69, 9.17) is 0 Å². The van der Waals surface area contributed by atoms with Gasteiger partial charge in [0, 0.05) is 16.6 Å². The standard InChI is InChI=1S/C9H14OS/c1-3-8(10)9-6-4-5-7(2)11-9/h6-7H,3-5H2,1-2H3. The van der Waals surface area contributed by atoms with Gasteiger partial charge >= 0.3 is 0 Å². The lowest BCUT2D eigenvalue weighted by atomic mass is 10.2. The summed E-state index contributed by atoms with van der Waals surface area (Å²) in [4.78, 5) is 12.2. The first-order valence-electron chi connectivity index (χ1n) is 4.14. The Labute approximate surface area is 72.2 Å². The van der Waals surface area contributed by atoms with Crippen LogP contribution in [0.2, 0.25) is 0 Å². The minimum Gasteiger partial charge on any atom is -0.294 e. The smallest absolute Gasteiger partial charge is 0.168 e. The van der Waals surface area contributed by atoms with Gasteiger partial charge in [0.25, 0.3) is 0 Å². The molecule has 1 unspecified atom stereocenters. The molecule has 0 aromatic carbocycles. The molecule has 1 atom stereocenters. The Kier molecular flexibility index (Phi) is 3.18. The predicted molar refractivity (Wildman–Crippen MR) is 49.7 cm³/mol. The van der Waals surface area contributed by atoms with E-state index in [0.29, 0.717) is 17.5 Å². The predicted octanol–water partition coefficient (Wildman–Crippen LogP) is 2.76. The first kappa shape index (κ1) is 8.85. The van der Waals surface area contributed by atoms with Gasteiger partial charge in [0.15, 0.2) is 5.78 Å². The number of ketones is 1. The largest absolute Gasteiger partial charge is 0.294 e. The molecule has 0 aromatic rings. The number of Topliss-reactive ketones (excluding diaryl/α,β-unsaturated/α-hetero) is 1. The van der Waals surface area contributed by atoms with Crippen LogP contribution in [0, 0.1) is 0 Å². The molecule has 0 bridgehead atoms. The summed E-state index contributed by atoms with van der Waals surface area (Å²) >= 11 is 1.73. The van der Waals surface area contributed by atoms with E-state index in [9.17, 15) is 4.79 Å². The first-order valence-corrected chi connectivity index (χ1v) is 5.02. The van der Waals surface area contributed by atoms with Crippen LogP contribution >= 0.6 is 11.8 Å². The van der Waals surface area contributed by atoms with Gasteiger partial charge in [0.05, 0.1) is 0 Å². The minimum absolute atomic E-state index is 0.307. The summed E-state index contributed by atoms with van der Waals surface area (Å²) < 4.78 is 0. The number of hydrogen-bond acceptors (Lipinski definition) is 2. The summed E-state index contributed by atoms with van der Waals surface area (Å²) in [7, 11) is 0. The molecule has 2 heteroatoms. The van der Waals surface area contributed by atoms with E-state index < -0.39 is 0 Å². The summed E-state index contributed by atoms with van der Waals surface area (Å²) in [6.07, 6.45) is 5.02. The zero-order valence-corrected chi connectivity index (χ0v) is 7.91. The molecule has 0 fully saturated rings. The Morgan fingerprint density at radius 1 is 1.82 bits per heavy atom. The van der Waals surface area contributed by atoms with Crippen molar-refractivity contribution in [1.82, 2.24) is 0 Å². The molecule has 0 saturated heterocycles. The van der Waals surface area contributed by atoms with Gasteiger partial charge in [0.1, 0.15) is 0 Å². The highest BCUT2D eigenvalue weighted by atomic mass is 32.2. The number of thioether (sulfide) groups is 1. The van der Waals surface area contributed by atoms with Crippen molar-refractivity contribution >= 4 is 17.5 Å². The molecule has 0 spiro atoms. The second-order valence-corrected chi connectivity index (χ2v) is 4.33. The Morgan fingerprint density at radius 3 is 3.09 bits per heavy atom. The van der Waals surface area contributed by atoms with Crippen LogP contribution in [-0.2, 0) is 4.79 Å². The van der Waals surface area contributed by atoms with E-state index in [2.05, 4.69) is 13.0 Å². The maximum absolute atomic E-state index is 11.2. The van der Waals surface area contributed by atoms with Crippen molar-refractivity contribution in [2.45, 2.75) is 38.4 Å². The summed E-state index contributed by atoms with van der Waals surface area (Å²) in [5.74, 6) is 0.307. The summed E-state index contributed by atoms with van der Waals surface area (Å²) in [5.41, 5.74) is 0. The lowest BCUT2D eigenvalue weighted by molar-refractivity contribution is -0.114. The lowest BCUT2D eigenvalue weighted by Gasteiger charge is -2.16. The number of hydrogen-bond donors (Lipinski definition) is 0. The second-order valence-electron chi connectivity index (χ2n) is 2.85. The van der Waals surface area contributed by atoms with Crippen molar-refractivity contribution in [3.05, 3.63) is 11.0 Å². The fraction of sp³-hybridized carbons (Fsp3) is 0.667. The average Bonchev–Trinajstić information content (AvgIpc) is 2.03. The Balaban J connectivity index is 2.57. The summed E-state index contributed by atoms with van der Waals surface area (Å²) in [6, 6.07) is 0. The number of allylic oxidation sites excluding steroid dienone is 2. The quantitative estimate of drug-likeness (QED) is 0.634. The highest BCUT2D eigenvalue weighted by Crippen LogP contribution is 2.31. The van der Waals surface area contributed by atoms with Crippen molar-refractivity contribution in [1.29, 1.82) is 0 Å². The molecule has 11 heavy (non-hydrogen) atoms. The van der Waals surface area contributed by atoms with Crippen molar-refractivity contribution < 1.29 is 4.79 Å². The second kappa shape index (κ2) is 3.96. The molecular weight excluding hydrogens is 156 g/mol. The summed E-state index contributed by atoms with van der Waals surface area (Å²) in [6.45, 7) is 4.10. The van der Waals surface area contributed by atoms with Crippen molar-refractivity contribution in [2.24, 2.45) is 0 Å². The van der Waals surface area contributed by atoms with Crippen LogP contribution < -0.4 is 0 Å². The third-order valence-electron chi connectivity index (χ3n) is 1.83. The molecule has 1 aliphatic heterocycles. The fourth-order valence-electron chi connectivity index (χ4n) is 1.13. The monoisotopic (exact) mass is 170 g/mol. The molecule has 0 saturated carbocycles. The van der Waals surface area contributed by atoms with Gasteiger partial charge < -0.3 is 0 Å². The molecule has 0 aliphatic carbocycles. The molecule has 0 aromatic heterocycles. The number of carbonyl (C=O) groups excluding carboxylic acids is 1. The van der Waals surface area contributed by atoms with E-state index in [1.165, 1.54) is 6.42 Å². The Hall–Kier alpha value is -0.240. The highest BCUT2D eigenvalue weighted by Gasteiger charge is 2.15. The third kappa shape index (κ3) is 2.37. The van der Waals surface area contributed by atoms with E-state index in [0.717, 1.165) is 11.3 Å². The van der Waals surface area contributed by atoms with Crippen LogP contribution in [0.3, 0.4) is 0 Å². The van der Waals surface area contributed by atoms with E-state index in [-0.39, 0.29) is 0 Å². The maximum Gasteiger partial charge on any atom is 0.168 e. The van der Waals surface area contributed by atoms with Crippen LogP contribution in [0.4, 0.5) is 0 Å². The molecular formula is C9H14OS. The molecule has 62 valence electrons. The fourth-order valence-corrected chi connectivity index (χ4v) is 2.30. The van der Waals surface area contributed by atoms with Crippen molar-refractivity contribution in [2.75, 3.05) is 0 Å². The molecule has 0 amide bonds. The highest BCUT2D eigenvalue weighted by molar-refractivity contribution is 8.04. The van der Waals surface area contributed by atoms with E-state index in [1.54, 1.807) is 11.8 Å². The maximum atomic E-state index is 11.2. The van der Waals surface area contributed by atoms with Gasteiger partial charge in [-0.2, -0.15) is 0 Å². The molecule has 1 heterocycles. The number of rotatable bonds is 2. The van der Waals surface area contributed by atoms with Crippen LogP contribution in [0.25, 0.3) is 0 Å². The van der Waals surface area contributed by atoms with Crippen LogP contribution in [0.1, 0.15) is 33.1 Å². The van der Waals surface area contributed by atoms with E-state index >= 15 is 0 Å².